The van der Waals surface area contributed by atoms with Gasteiger partial charge in [-0.25, -0.2) is 0 Å². The maximum absolute atomic E-state index is 2.33. The Kier molecular flexibility index (Phi) is 8.39. The van der Waals surface area contributed by atoms with Crippen LogP contribution in [-0.4, -0.2) is 0 Å². The van der Waals surface area contributed by atoms with Crippen LogP contribution in [0.4, 0.5) is 17.1 Å². The number of benzene rings is 8. The fraction of sp³-hybridized carbons (Fsp3) is 0. The summed E-state index contributed by atoms with van der Waals surface area (Å²) in [6.45, 7) is 0. The Balaban J connectivity index is 1.14. The van der Waals surface area contributed by atoms with Crippen LogP contribution in [0.2, 0.25) is 0 Å². The van der Waals surface area contributed by atoms with Crippen LogP contribution >= 0.6 is 0 Å². The second-order valence-electron chi connectivity index (χ2n) is 12.2. The molecule has 0 saturated heterocycles. The first kappa shape index (κ1) is 29.9. The normalized spacial score (nSPS) is 10.9. The van der Waals surface area contributed by atoms with Gasteiger partial charge in [0, 0.05) is 17.1 Å². The summed E-state index contributed by atoms with van der Waals surface area (Å²) in [6, 6.07) is 75.9. The Morgan fingerprint density at radius 3 is 0.735 bits per heavy atom. The molecular weight excluding hydrogens is 591 g/mol. The SMILES string of the molecule is c1ccc(-c2ccc(-c3ccccc3-c3ccc(N(c4ccc(-c5ccccc5)cc4)c4ccc(-c5ccccc5)cc4)cc3)cc2)cc1. The molecule has 0 bridgehead atoms. The zero-order valence-electron chi connectivity index (χ0n) is 27.2. The van der Waals surface area contributed by atoms with Gasteiger partial charge in [-0.2, -0.15) is 0 Å². The predicted octanol–water partition coefficient (Wildman–Crippen LogP) is 13.5. The molecule has 0 spiro atoms. The monoisotopic (exact) mass is 625 g/mol. The molecule has 49 heavy (non-hydrogen) atoms. The largest absolute Gasteiger partial charge is 0.311 e. The Bertz CT molecular complexity index is 2170. The second kappa shape index (κ2) is 13.7. The summed E-state index contributed by atoms with van der Waals surface area (Å²) >= 11 is 0. The molecule has 232 valence electrons. The van der Waals surface area contributed by atoms with Crippen molar-refractivity contribution in [2.45, 2.75) is 0 Å². The third-order valence-electron chi connectivity index (χ3n) is 9.13. The topological polar surface area (TPSA) is 3.24 Å². The predicted molar refractivity (Wildman–Crippen MR) is 208 cm³/mol. The van der Waals surface area contributed by atoms with E-state index in [4.69, 9.17) is 0 Å². The lowest BCUT2D eigenvalue weighted by Gasteiger charge is -2.26. The van der Waals surface area contributed by atoms with E-state index in [1.165, 1.54) is 55.6 Å². The average Bonchev–Trinajstić information content (AvgIpc) is 3.20. The minimum absolute atomic E-state index is 1.10. The summed E-state index contributed by atoms with van der Waals surface area (Å²) in [5.74, 6) is 0. The first-order valence-electron chi connectivity index (χ1n) is 16.8. The zero-order chi connectivity index (χ0) is 32.8. The molecule has 0 radical (unpaired) electrons. The Morgan fingerprint density at radius 1 is 0.184 bits per heavy atom. The van der Waals surface area contributed by atoms with Crippen LogP contribution in [0.3, 0.4) is 0 Å². The summed E-state index contributed by atoms with van der Waals surface area (Å²) in [4.78, 5) is 2.33. The van der Waals surface area contributed by atoms with E-state index in [0.29, 0.717) is 0 Å². The van der Waals surface area contributed by atoms with E-state index >= 15 is 0 Å². The van der Waals surface area contributed by atoms with Crippen molar-refractivity contribution >= 4 is 17.1 Å². The molecule has 8 aromatic rings. The average molecular weight is 626 g/mol. The van der Waals surface area contributed by atoms with E-state index in [0.717, 1.165) is 17.1 Å². The van der Waals surface area contributed by atoms with Gasteiger partial charge in [0.25, 0.3) is 0 Å². The van der Waals surface area contributed by atoms with Gasteiger partial charge in [-0.15, -0.1) is 0 Å². The molecule has 1 heteroatoms. The molecule has 0 saturated carbocycles. The Morgan fingerprint density at radius 2 is 0.408 bits per heavy atom. The van der Waals surface area contributed by atoms with E-state index in [-0.39, 0.29) is 0 Å². The second-order valence-corrected chi connectivity index (χ2v) is 12.2. The summed E-state index contributed by atoms with van der Waals surface area (Å²) in [5, 5.41) is 0. The van der Waals surface area contributed by atoms with Crippen molar-refractivity contribution in [2.75, 3.05) is 4.90 Å². The highest BCUT2D eigenvalue weighted by atomic mass is 15.1. The molecule has 0 heterocycles. The van der Waals surface area contributed by atoms with E-state index in [2.05, 4.69) is 217 Å². The molecule has 0 aliphatic heterocycles. The lowest BCUT2D eigenvalue weighted by Crippen LogP contribution is -2.09. The molecular formula is C48H35N. The highest BCUT2D eigenvalue weighted by Crippen LogP contribution is 2.39. The van der Waals surface area contributed by atoms with Crippen molar-refractivity contribution in [1.29, 1.82) is 0 Å². The standard InChI is InChI=1S/C48H35N/c1-4-12-36(13-5-1)39-20-22-42(23-21-39)47-18-10-11-19-48(47)43-28-34-46(35-29-43)49(44-30-24-40(25-31-44)37-14-6-2-7-15-37)45-32-26-41(27-33-45)38-16-8-3-9-17-38/h1-35H. The van der Waals surface area contributed by atoms with Gasteiger partial charge in [0.1, 0.15) is 0 Å². The van der Waals surface area contributed by atoms with Gasteiger partial charge in [-0.1, -0.05) is 176 Å². The maximum Gasteiger partial charge on any atom is 0.0462 e. The van der Waals surface area contributed by atoms with Crippen LogP contribution in [0.25, 0.3) is 55.6 Å². The van der Waals surface area contributed by atoms with Crippen molar-refractivity contribution in [2.24, 2.45) is 0 Å². The molecule has 8 rings (SSSR count). The minimum Gasteiger partial charge on any atom is -0.311 e. The number of hydrogen-bond donors (Lipinski definition) is 0. The molecule has 0 aliphatic rings. The van der Waals surface area contributed by atoms with E-state index in [9.17, 15) is 0 Å². The highest BCUT2D eigenvalue weighted by molar-refractivity contribution is 5.86. The van der Waals surface area contributed by atoms with Crippen LogP contribution in [0.5, 0.6) is 0 Å². The summed E-state index contributed by atoms with van der Waals surface area (Å²) < 4.78 is 0. The maximum atomic E-state index is 2.33. The quantitative estimate of drug-likeness (QED) is 0.162. The number of nitrogens with zero attached hydrogens (tertiary/aromatic N) is 1. The summed E-state index contributed by atoms with van der Waals surface area (Å²) in [5.41, 5.74) is 15.4. The van der Waals surface area contributed by atoms with Gasteiger partial charge >= 0.3 is 0 Å². The number of rotatable bonds is 8. The van der Waals surface area contributed by atoms with Gasteiger partial charge in [0.2, 0.25) is 0 Å². The first-order valence-corrected chi connectivity index (χ1v) is 16.8. The van der Waals surface area contributed by atoms with Gasteiger partial charge in [-0.05, 0) is 92.0 Å². The van der Waals surface area contributed by atoms with Crippen LogP contribution in [0.15, 0.2) is 212 Å². The molecule has 0 atom stereocenters. The van der Waals surface area contributed by atoms with E-state index in [1.807, 2.05) is 0 Å². The molecule has 1 nitrogen and oxygen atoms in total. The summed E-state index contributed by atoms with van der Waals surface area (Å²) in [7, 11) is 0. The molecule has 8 aromatic carbocycles. The summed E-state index contributed by atoms with van der Waals surface area (Å²) in [6.07, 6.45) is 0. The number of anilines is 3. The van der Waals surface area contributed by atoms with Gasteiger partial charge in [-0.3, -0.25) is 0 Å². The van der Waals surface area contributed by atoms with E-state index in [1.54, 1.807) is 0 Å². The first-order chi connectivity index (χ1) is 24.3. The van der Waals surface area contributed by atoms with Crippen molar-refractivity contribution < 1.29 is 0 Å². The van der Waals surface area contributed by atoms with Gasteiger partial charge in [0.05, 0.1) is 0 Å². The lowest BCUT2D eigenvalue weighted by molar-refractivity contribution is 1.28. The van der Waals surface area contributed by atoms with Crippen LogP contribution in [-0.2, 0) is 0 Å². The third kappa shape index (κ3) is 6.43. The van der Waals surface area contributed by atoms with Crippen LogP contribution in [0.1, 0.15) is 0 Å². The van der Waals surface area contributed by atoms with Crippen molar-refractivity contribution in [3.63, 3.8) is 0 Å². The van der Waals surface area contributed by atoms with Crippen molar-refractivity contribution in [3.8, 4) is 55.6 Å². The minimum atomic E-state index is 1.10. The molecule has 0 aromatic heterocycles. The van der Waals surface area contributed by atoms with Crippen molar-refractivity contribution in [1.82, 2.24) is 0 Å². The molecule has 0 fully saturated rings. The van der Waals surface area contributed by atoms with Crippen molar-refractivity contribution in [3.05, 3.63) is 212 Å². The Labute approximate surface area is 289 Å². The van der Waals surface area contributed by atoms with Crippen LogP contribution < -0.4 is 4.90 Å². The molecule has 0 aliphatic carbocycles. The van der Waals surface area contributed by atoms with Gasteiger partial charge in [0.15, 0.2) is 0 Å². The molecule has 0 unspecified atom stereocenters. The van der Waals surface area contributed by atoms with Gasteiger partial charge < -0.3 is 4.90 Å². The zero-order valence-corrected chi connectivity index (χ0v) is 27.2. The lowest BCUT2D eigenvalue weighted by atomic mass is 9.93. The van der Waals surface area contributed by atoms with Crippen LogP contribution in [0, 0.1) is 0 Å². The fourth-order valence-electron chi connectivity index (χ4n) is 6.56. The number of hydrogen-bond acceptors (Lipinski definition) is 1. The smallest absolute Gasteiger partial charge is 0.0462 e. The third-order valence-corrected chi connectivity index (χ3v) is 9.13. The highest BCUT2D eigenvalue weighted by Gasteiger charge is 2.15. The van der Waals surface area contributed by atoms with E-state index < -0.39 is 0 Å². The Hall–Kier alpha value is -6.44. The molecule has 0 N–H and O–H groups in total. The molecule has 0 amide bonds. The fourth-order valence-corrected chi connectivity index (χ4v) is 6.56.